The number of carbonyl (C=O) groups excluding carboxylic acids is 1. The fourth-order valence-corrected chi connectivity index (χ4v) is 2.87. The number of nitrogens with zero attached hydrogens (tertiary/aromatic N) is 3. The second kappa shape index (κ2) is 9.22. The summed E-state index contributed by atoms with van der Waals surface area (Å²) in [4.78, 5) is 25.2. The smallest absolute Gasteiger partial charge is 0.255 e. The Labute approximate surface area is 180 Å². The lowest BCUT2D eigenvalue weighted by Gasteiger charge is -2.23. The highest BCUT2D eigenvalue weighted by atomic mass is 19.1. The minimum atomic E-state index is -1.59. The molecule has 1 amide bonds. The van der Waals surface area contributed by atoms with Crippen LogP contribution in [0.2, 0.25) is 0 Å². The van der Waals surface area contributed by atoms with Crippen molar-refractivity contribution < 1.29 is 14.3 Å². The van der Waals surface area contributed by atoms with E-state index >= 15 is 0 Å². The molecule has 1 atom stereocenters. The average molecular weight is 426 g/mol. The molecule has 0 spiro atoms. The summed E-state index contributed by atoms with van der Waals surface area (Å²) in [6, 6.07) is 7.45. The minimum Gasteiger partial charge on any atom is -0.387 e. The van der Waals surface area contributed by atoms with Gasteiger partial charge in [0, 0.05) is 35.6 Å². The van der Waals surface area contributed by atoms with Crippen molar-refractivity contribution in [2.24, 2.45) is 0 Å². The highest BCUT2D eigenvalue weighted by Gasteiger charge is 2.27. The summed E-state index contributed by atoms with van der Waals surface area (Å²) in [6.07, 6.45) is 3.07. The second-order valence-corrected chi connectivity index (χ2v) is 8.17. The molecule has 0 saturated heterocycles. The first-order valence-corrected chi connectivity index (χ1v) is 10.0. The van der Waals surface area contributed by atoms with E-state index in [2.05, 4.69) is 30.9 Å². The Morgan fingerprint density at radius 1 is 1.19 bits per heavy atom. The third-order valence-electron chi connectivity index (χ3n) is 4.58. The highest BCUT2D eigenvalue weighted by molar-refractivity contribution is 6.00. The predicted octanol–water partition coefficient (Wildman–Crippen LogP) is 3.43. The summed E-state index contributed by atoms with van der Waals surface area (Å²) < 4.78 is 14.0. The van der Waals surface area contributed by atoms with E-state index in [1.807, 2.05) is 32.0 Å². The Morgan fingerprint density at radius 2 is 1.97 bits per heavy atom. The lowest BCUT2D eigenvalue weighted by molar-refractivity contribution is -0.00177. The maximum Gasteiger partial charge on any atom is 0.255 e. The molecule has 3 aromatic rings. The van der Waals surface area contributed by atoms with Crippen molar-refractivity contribution in [3.05, 3.63) is 48.5 Å². The van der Waals surface area contributed by atoms with Crippen molar-refractivity contribution in [3.63, 3.8) is 0 Å². The van der Waals surface area contributed by atoms with E-state index in [0.29, 0.717) is 11.5 Å². The summed E-state index contributed by atoms with van der Waals surface area (Å²) in [5.74, 6) is 0.0627. The average Bonchev–Trinajstić information content (AvgIpc) is 2.70. The first kappa shape index (κ1) is 22.4. The fraction of sp³-hybridized carbons (Fsp3) is 0.364. The van der Waals surface area contributed by atoms with Gasteiger partial charge in [0.2, 0.25) is 0 Å². The molecule has 9 heteroatoms. The van der Waals surface area contributed by atoms with Crippen LogP contribution in [-0.4, -0.2) is 50.3 Å². The number of halogens is 1. The third-order valence-corrected chi connectivity index (χ3v) is 4.58. The topological polar surface area (TPSA) is 112 Å². The van der Waals surface area contributed by atoms with Crippen LogP contribution in [-0.2, 0) is 0 Å². The predicted molar refractivity (Wildman–Crippen MR) is 119 cm³/mol. The molecular formula is C22H27FN6O2. The van der Waals surface area contributed by atoms with E-state index in [1.165, 1.54) is 26.4 Å². The van der Waals surface area contributed by atoms with Crippen LogP contribution in [0, 0.1) is 0 Å². The van der Waals surface area contributed by atoms with Gasteiger partial charge in [-0.3, -0.25) is 4.79 Å². The van der Waals surface area contributed by atoms with Crippen molar-refractivity contribution in [1.29, 1.82) is 0 Å². The number of carbonyl (C=O) groups is 1. The van der Waals surface area contributed by atoms with Gasteiger partial charge in [0.15, 0.2) is 0 Å². The Bertz CT molecular complexity index is 1070. The molecule has 8 nitrogen and oxygen atoms in total. The van der Waals surface area contributed by atoms with Gasteiger partial charge in [0.1, 0.15) is 18.3 Å². The number of hydrogen-bond acceptors (Lipinski definition) is 7. The molecule has 164 valence electrons. The van der Waals surface area contributed by atoms with Crippen LogP contribution >= 0.6 is 0 Å². The van der Waals surface area contributed by atoms with Gasteiger partial charge in [-0.05, 0) is 45.9 Å². The molecule has 0 aliphatic rings. The van der Waals surface area contributed by atoms with Gasteiger partial charge in [0.25, 0.3) is 5.91 Å². The first-order chi connectivity index (χ1) is 14.6. The molecule has 0 radical (unpaired) electrons. The molecule has 1 aromatic carbocycles. The number of anilines is 3. The molecule has 0 aliphatic carbocycles. The molecule has 0 aliphatic heterocycles. The molecule has 31 heavy (non-hydrogen) atoms. The molecule has 0 unspecified atom stereocenters. The van der Waals surface area contributed by atoms with Gasteiger partial charge in [-0.25, -0.2) is 19.3 Å². The summed E-state index contributed by atoms with van der Waals surface area (Å²) in [5.41, 5.74) is 0.943. The van der Waals surface area contributed by atoms with Gasteiger partial charge >= 0.3 is 0 Å². The molecule has 0 fully saturated rings. The number of nitrogens with one attached hydrogen (secondary N) is 3. The molecule has 4 N–H and O–H groups in total. The van der Waals surface area contributed by atoms with E-state index < -0.39 is 17.7 Å². The zero-order valence-corrected chi connectivity index (χ0v) is 18.0. The summed E-state index contributed by atoms with van der Waals surface area (Å²) in [5, 5.41) is 19.6. The lowest BCUT2D eigenvalue weighted by Crippen LogP contribution is -2.42. The Balaban J connectivity index is 1.80. The number of alkyl halides is 1. The Kier molecular flexibility index (Phi) is 6.65. The Morgan fingerprint density at radius 3 is 2.68 bits per heavy atom. The molecule has 2 aromatic heterocycles. The van der Waals surface area contributed by atoms with E-state index in [-0.39, 0.29) is 18.2 Å². The molecule has 2 heterocycles. The normalized spacial score (nSPS) is 12.6. The second-order valence-electron chi connectivity index (χ2n) is 8.17. The van der Waals surface area contributed by atoms with E-state index in [0.717, 1.165) is 16.6 Å². The summed E-state index contributed by atoms with van der Waals surface area (Å²) >= 11 is 0. The highest BCUT2D eigenvalue weighted by Crippen LogP contribution is 2.24. The van der Waals surface area contributed by atoms with E-state index in [1.54, 1.807) is 12.3 Å². The van der Waals surface area contributed by atoms with Crippen LogP contribution in [0.15, 0.2) is 43.0 Å². The zero-order valence-electron chi connectivity index (χ0n) is 18.0. The molecule has 3 rings (SSSR count). The van der Waals surface area contributed by atoms with Crippen LogP contribution in [0.5, 0.6) is 0 Å². The number of fused-ring (bicyclic) bond motifs is 1. The van der Waals surface area contributed by atoms with Gasteiger partial charge in [-0.1, -0.05) is 0 Å². The Hall–Kier alpha value is -3.33. The van der Waals surface area contributed by atoms with Crippen molar-refractivity contribution >= 4 is 34.0 Å². The third kappa shape index (κ3) is 5.85. The van der Waals surface area contributed by atoms with Crippen LogP contribution in [0.1, 0.15) is 38.1 Å². The van der Waals surface area contributed by atoms with Gasteiger partial charge < -0.3 is 21.1 Å². The number of rotatable bonds is 8. The molecule has 0 saturated carbocycles. The van der Waals surface area contributed by atoms with E-state index in [4.69, 9.17) is 0 Å². The van der Waals surface area contributed by atoms with Crippen LogP contribution < -0.4 is 16.0 Å². The number of amides is 1. The quantitative estimate of drug-likeness (QED) is 0.437. The van der Waals surface area contributed by atoms with Crippen molar-refractivity contribution in [1.82, 2.24) is 20.3 Å². The van der Waals surface area contributed by atoms with Crippen molar-refractivity contribution in [2.45, 2.75) is 45.5 Å². The molecule has 0 bridgehead atoms. The van der Waals surface area contributed by atoms with Crippen molar-refractivity contribution in [3.8, 4) is 0 Å². The number of aromatic nitrogens is 3. The molecular weight excluding hydrogens is 399 g/mol. The number of hydrogen-bond donors (Lipinski definition) is 4. The monoisotopic (exact) mass is 426 g/mol. The first-order valence-electron chi connectivity index (χ1n) is 10.0. The van der Waals surface area contributed by atoms with Gasteiger partial charge in [0.05, 0.1) is 28.9 Å². The summed E-state index contributed by atoms with van der Waals surface area (Å²) in [6.45, 7) is 6.31. The largest absolute Gasteiger partial charge is 0.387 e. The van der Waals surface area contributed by atoms with Crippen LogP contribution in [0.3, 0.4) is 0 Å². The standard InChI is InChI=1S/C22H27FN6O2/c1-13(2)28-18-8-20(29-15-5-6-17-14(7-15)9-24-12-27-17)25-10-16(18)21(30)26-11-19(23)22(3,4)31/h5-10,12-13,19,31H,11H2,1-4H3,(H,26,30)(H2,25,28,29)/t19-/m1/s1. The number of aliphatic hydroxyl groups is 1. The van der Waals surface area contributed by atoms with Crippen LogP contribution in [0.25, 0.3) is 10.9 Å². The zero-order chi connectivity index (χ0) is 22.6. The maximum atomic E-state index is 14.0. The SMILES string of the molecule is CC(C)Nc1cc(Nc2ccc3ncncc3c2)ncc1C(=O)NC[C@@H](F)C(C)(C)O. The van der Waals surface area contributed by atoms with Crippen LogP contribution in [0.4, 0.5) is 21.6 Å². The fourth-order valence-electron chi connectivity index (χ4n) is 2.87. The minimum absolute atomic E-state index is 0.0601. The lowest BCUT2D eigenvalue weighted by atomic mass is 10.0. The van der Waals surface area contributed by atoms with Crippen molar-refractivity contribution in [2.75, 3.05) is 17.2 Å². The maximum absolute atomic E-state index is 14.0. The summed E-state index contributed by atoms with van der Waals surface area (Å²) in [7, 11) is 0. The number of pyridine rings is 1. The van der Waals surface area contributed by atoms with Gasteiger partial charge in [-0.2, -0.15) is 0 Å². The van der Waals surface area contributed by atoms with Gasteiger partial charge in [-0.15, -0.1) is 0 Å². The number of benzene rings is 1. The van der Waals surface area contributed by atoms with E-state index in [9.17, 15) is 14.3 Å².